The monoisotopic (exact) mass is 368 g/mol. The standard InChI is InChI=1S/C14H19F3N4O2.ClH/c1-12(8-13(12)3-6-18-7-4-13)10(22)19-5-2-9-20-11(23-21-9)14(15,16)17;/h18H,2-8H2,1H3,(H,19,22);1H. The lowest BCUT2D eigenvalue weighted by atomic mass is 9.85. The molecule has 1 spiro atoms. The van der Waals surface area contributed by atoms with Gasteiger partial charge in [0, 0.05) is 13.0 Å². The first-order chi connectivity index (χ1) is 10.8. The second-order valence-electron chi connectivity index (χ2n) is 6.56. The number of hydrogen-bond donors (Lipinski definition) is 2. The topological polar surface area (TPSA) is 80.1 Å². The highest BCUT2D eigenvalue weighted by Crippen LogP contribution is 2.68. The molecule has 1 saturated carbocycles. The minimum atomic E-state index is -4.64. The molecule has 0 aromatic carbocycles. The van der Waals surface area contributed by atoms with E-state index in [0.29, 0.717) is 0 Å². The molecule has 1 aliphatic carbocycles. The van der Waals surface area contributed by atoms with Crippen molar-refractivity contribution in [2.75, 3.05) is 19.6 Å². The average Bonchev–Trinajstić information content (AvgIpc) is 2.88. The summed E-state index contributed by atoms with van der Waals surface area (Å²) in [5, 5.41) is 9.35. The summed E-state index contributed by atoms with van der Waals surface area (Å²) in [6.45, 7) is 4.00. The summed E-state index contributed by atoms with van der Waals surface area (Å²) in [5.74, 6) is -1.46. The molecule has 2 heterocycles. The average molecular weight is 369 g/mol. The fraction of sp³-hybridized carbons (Fsp3) is 0.786. The van der Waals surface area contributed by atoms with Crippen LogP contribution < -0.4 is 10.6 Å². The Hall–Kier alpha value is -1.35. The SMILES string of the molecule is CC1(C(=O)NCCc2noc(C(F)(F)F)n2)CC12CCNCC2.Cl. The molecular weight excluding hydrogens is 349 g/mol. The first-order valence-corrected chi connectivity index (χ1v) is 7.66. The number of carbonyl (C=O) groups excluding carboxylic acids is 1. The minimum Gasteiger partial charge on any atom is -0.355 e. The Morgan fingerprint density at radius 2 is 2.04 bits per heavy atom. The molecule has 24 heavy (non-hydrogen) atoms. The van der Waals surface area contributed by atoms with Gasteiger partial charge in [0.15, 0.2) is 5.82 Å². The number of piperidine rings is 1. The Morgan fingerprint density at radius 1 is 1.38 bits per heavy atom. The Kier molecular flexibility index (Phi) is 5.15. The maximum atomic E-state index is 12.4. The zero-order valence-corrected chi connectivity index (χ0v) is 14.0. The summed E-state index contributed by atoms with van der Waals surface area (Å²) in [7, 11) is 0. The van der Waals surface area contributed by atoms with Crippen molar-refractivity contribution in [3.05, 3.63) is 11.7 Å². The van der Waals surface area contributed by atoms with E-state index in [2.05, 4.69) is 25.3 Å². The Morgan fingerprint density at radius 3 is 2.62 bits per heavy atom. The maximum absolute atomic E-state index is 12.4. The van der Waals surface area contributed by atoms with Gasteiger partial charge in [-0.1, -0.05) is 12.1 Å². The summed E-state index contributed by atoms with van der Waals surface area (Å²) >= 11 is 0. The highest BCUT2D eigenvalue weighted by Gasteiger charge is 2.67. The number of nitrogens with zero attached hydrogens (tertiary/aromatic N) is 2. The van der Waals surface area contributed by atoms with Gasteiger partial charge in [0.2, 0.25) is 5.91 Å². The quantitative estimate of drug-likeness (QED) is 0.849. The van der Waals surface area contributed by atoms with E-state index in [9.17, 15) is 18.0 Å². The van der Waals surface area contributed by atoms with Crippen LogP contribution >= 0.6 is 12.4 Å². The molecule has 1 aliphatic heterocycles. The van der Waals surface area contributed by atoms with Crippen LogP contribution in [0, 0.1) is 10.8 Å². The molecule has 6 nitrogen and oxygen atoms in total. The van der Waals surface area contributed by atoms with Crippen molar-refractivity contribution in [2.45, 2.75) is 38.8 Å². The summed E-state index contributed by atoms with van der Waals surface area (Å²) in [5.41, 5.74) is -0.290. The molecular formula is C14H20ClF3N4O2. The molecule has 2 N–H and O–H groups in total. The van der Waals surface area contributed by atoms with E-state index >= 15 is 0 Å². The van der Waals surface area contributed by atoms with Crippen LogP contribution in [0.15, 0.2) is 4.52 Å². The third kappa shape index (κ3) is 3.37. The molecule has 1 saturated heterocycles. The number of aromatic nitrogens is 2. The summed E-state index contributed by atoms with van der Waals surface area (Å²) < 4.78 is 41.2. The van der Waals surface area contributed by atoms with Crippen molar-refractivity contribution in [2.24, 2.45) is 10.8 Å². The van der Waals surface area contributed by atoms with Gasteiger partial charge in [-0.25, -0.2) is 0 Å². The van der Waals surface area contributed by atoms with Crippen molar-refractivity contribution in [1.82, 2.24) is 20.8 Å². The van der Waals surface area contributed by atoms with Gasteiger partial charge in [0.25, 0.3) is 0 Å². The molecule has 1 unspecified atom stereocenters. The van der Waals surface area contributed by atoms with Crippen LogP contribution in [0.25, 0.3) is 0 Å². The number of hydrogen-bond acceptors (Lipinski definition) is 5. The van der Waals surface area contributed by atoms with Crippen molar-refractivity contribution in [3.63, 3.8) is 0 Å². The van der Waals surface area contributed by atoms with Crippen LogP contribution in [0.4, 0.5) is 13.2 Å². The molecule has 136 valence electrons. The molecule has 10 heteroatoms. The molecule has 0 radical (unpaired) electrons. The molecule has 1 aromatic rings. The Bertz CT molecular complexity index is 601. The highest BCUT2D eigenvalue weighted by molar-refractivity contribution is 5.86. The van der Waals surface area contributed by atoms with Gasteiger partial charge in [-0.15, -0.1) is 12.4 Å². The van der Waals surface area contributed by atoms with Gasteiger partial charge in [0.1, 0.15) is 0 Å². The Labute approximate surface area is 143 Å². The van der Waals surface area contributed by atoms with Crippen molar-refractivity contribution < 1.29 is 22.5 Å². The van der Waals surface area contributed by atoms with Gasteiger partial charge >= 0.3 is 12.1 Å². The second kappa shape index (κ2) is 6.51. The first kappa shape index (κ1) is 19.0. The predicted molar refractivity (Wildman–Crippen MR) is 80.5 cm³/mol. The van der Waals surface area contributed by atoms with Crippen LogP contribution in [0.2, 0.25) is 0 Å². The van der Waals surface area contributed by atoms with Gasteiger partial charge in [-0.05, 0) is 37.8 Å². The number of carbonyl (C=O) groups is 1. The zero-order chi connectivity index (χ0) is 16.7. The van der Waals surface area contributed by atoms with Gasteiger partial charge in [-0.3, -0.25) is 4.79 Å². The molecule has 2 fully saturated rings. The van der Waals surface area contributed by atoms with Crippen LogP contribution in [0.1, 0.15) is 37.9 Å². The molecule has 0 bridgehead atoms. The molecule has 3 rings (SSSR count). The molecule has 1 amide bonds. The van der Waals surface area contributed by atoms with Crippen molar-refractivity contribution in [1.29, 1.82) is 0 Å². The third-order valence-electron chi connectivity index (χ3n) is 5.14. The van der Waals surface area contributed by atoms with E-state index in [0.717, 1.165) is 32.4 Å². The molecule has 1 aromatic heterocycles. The van der Waals surface area contributed by atoms with Gasteiger partial charge in [0.05, 0.1) is 5.41 Å². The van der Waals surface area contributed by atoms with Crippen molar-refractivity contribution in [3.8, 4) is 0 Å². The fourth-order valence-electron chi connectivity index (χ4n) is 3.54. The van der Waals surface area contributed by atoms with E-state index in [1.165, 1.54) is 0 Å². The largest absolute Gasteiger partial charge is 0.471 e. The summed E-state index contributed by atoms with van der Waals surface area (Å²) in [6.07, 6.45) is -1.70. The summed E-state index contributed by atoms with van der Waals surface area (Å²) in [4.78, 5) is 15.7. The van der Waals surface area contributed by atoms with E-state index < -0.39 is 12.1 Å². The van der Waals surface area contributed by atoms with Crippen LogP contribution in [0.5, 0.6) is 0 Å². The van der Waals surface area contributed by atoms with Crippen LogP contribution in [0.3, 0.4) is 0 Å². The lowest BCUT2D eigenvalue weighted by Crippen LogP contribution is -2.39. The van der Waals surface area contributed by atoms with Crippen LogP contribution in [-0.4, -0.2) is 35.7 Å². The van der Waals surface area contributed by atoms with E-state index in [1.54, 1.807) is 0 Å². The minimum absolute atomic E-state index is 0. The second-order valence-corrected chi connectivity index (χ2v) is 6.56. The maximum Gasteiger partial charge on any atom is 0.471 e. The van der Waals surface area contributed by atoms with Crippen LogP contribution in [-0.2, 0) is 17.4 Å². The molecule has 2 aliphatic rings. The number of halogens is 4. The molecule has 1 atom stereocenters. The van der Waals surface area contributed by atoms with Gasteiger partial charge < -0.3 is 15.2 Å². The normalized spacial score (nSPS) is 25.2. The highest BCUT2D eigenvalue weighted by atomic mass is 35.5. The lowest BCUT2D eigenvalue weighted by Gasteiger charge is -2.27. The fourth-order valence-corrected chi connectivity index (χ4v) is 3.54. The predicted octanol–water partition coefficient (Wildman–Crippen LogP) is 1.95. The number of amides is 1. The van der Waals surface area contributed by atoms with E-state index in [4.69, 9.17) is 0 Å². The number of alkyl halides is 3. The van der Waals surface area contributed by atoms with E-state index in [-0.39, 0.29) is 47.9 Å². The summed E-state index contributed by atoms with van der Waals surface area (Å²) in [6, 6.07) is 0. The van der Waals surface area contributed by atoms with Gasteiger partial charge in [-0.2, -0.15) is 18.2 Å². The number of nitrogens with one attached hydrogen (secondary N) is 2. The first-order valence-electron chi connectivity index (χ1n) is 7.66. The van der Waals surface area contributed by atoms with Crippen molar-refractivity contribution >= 4 is 18.3 Å². The van der Waals surface area contributed by atoms with E-state index in [1.807, 2.05) is 6.92 Å². The Balaban J connectivity index is 0.00000208. The lowest BCUT2D eigenvalue weighted by molar-refractivity contribution is -0.159. The zero-order valence-electron chi connectivity index (χ0n) is 13.2. The smallest absolute Gasteiger partial charge is 0.355 e. The third-order valence-corrected chi connectivity index (χ3v) is 5.14. The number of rotatable bonds is 4.